The number of nitrogens with one attached hydrogen (secondary N) is 1. The van der Waals surface area contributed by atoms with E-state index in [1.165, 1.54) is 12.1 Å². The smallest absolute Gasteiger partial charge is 0.299 e. The first-order chi connectivity index (χ1) is 11.4. The Morgan fingerprint density at radius 2 is 1.79 bits per heavy atom. The summed E-state index contributed by atoms with van der Waals surface area (Å²) in [5.74, 6) is 0. The fourth-order valence-corrected chi connectivity index (χ4v) is 2.76. The van der Waals surface area contributed by atoms with Gasteiger partial charge in [-0.05, 0) is 6.07 Å². The first-order valence-corrected chi connectivity index (χ1v) is 8.02. The molecule has 0 radical (unpaired) electrons. The van der Waals surface area contributed by atoms with E-state index >= 15 is 0 Å². The van der Waals surface area contributed by atoms with E-state index in [1.54, 1.807) is 0 Å². The number of hydrogen-bond donors (Lipinski definition) is 1. The van der Waals surface area contributed by atoms with Crippen molar-refractivity contribution >= 4 is 17.1 Å². The van der Waals surface area contributed by atoms with Crippen LogP contribution >= 0.6 is 0 Å². The van der Waals surface area contributed by atoms with Gasteiger partial charge in [0.2, 0.25) is 0 Å². The normalized spacial score (nSPS) is 15.7. The average molecular weight is 337 g/mol. The van der Waals surface area contributed by atoms with Crippen molar-refractivity contribution in [3.63, 3.8) is 0 Å². The van der Waals surface area contributed by atoms with Crippen molar-refractivity contribution in [2.45, 2.75) is 19.9 Å². The number of nitro benzene ring substituents is 2. The fraction of sp³-hybridized carbons (Fsp3) is 0.600. The van der Waals surface area contributed by atoms with Crippen molar-refractivity contribution in [3.05, 3.63) is 38.4 Å². The maximum absolute atomic E-state index is 11.2. The lowest BCUT2D eigenvalue weighted by atomic mass is 10.2. The highest BCUT2D eigenvalue weighted by atomic mass is 16.6. The van der Waals surface area contributed by atoms with Crippen LogP contribution in [0.25, 0.3) is 0 Å². The van der Waals surface area contributed by atoms with Gasteiger partial charge in [0.1, 0.15) is 5.69 Å². The molecule has 9 nitrogen and oxygen atoms in total. The van der Waals surface area contributed by atoms with E-state index in [9.17, 15) is 20.2 Å². The van der Waals surface area contributed by atoms with Gasteiger partial charge in [-0.3, -0.25) is 25.1 Å². The van der Waals surface area contributed by atoms with Crippen LogP contribution in [0.3, 0.4) is 0 Å². The van der Waals surface area contributed by atoms with E-state index in [4.69, 9.17) is 0 Å². The molecule has 1 fully saturated rings. The lowest BCUT2D eigenvalue weighted by Gasteiger charge is -2.35. The number of non-ortho nitro benzene ring substituents is 1. The summed E-state index contributed by atoms with van der Waals surface area (Å²) in [5.41, 5.74) is -0.0199. The van der Waals surface area contributed by atoms with Gasteiger partial charge in [0.25, 0.3) is 11.4 Å². The molecule has 0 spiro atoms. The molecule has 0 aliphatic carbocycles. The van der Waals surface area contributed by atoms with Gasteiger partial charge < -0.3 is 10.2 Å². The zero-order valence-corrected chi connectivity index (χ0v) is 14.0. The van der Waals surface area contributed by atoms with Crippen molar-refractivity contribution < 1.29 is 9.85 Å². The molecule has 132 valence electrons. The van der Waals surface area contributed by atoms with Gasteiger partial charge >= 0.3 is 0 Å². The van der Waals surface area contributed by atoms with Crippen LogP contribution in [-0.4, -0.2) is 60.1 Å². The molecular formula is C15H23N5O4. The summed E-state index contributed by atoms with van der Waals surface area (Å²) < 4.78 is 0. The van der Waals surface area contributed by atoms with Crippen LogP contribution in [0.5, 0.6) is 0 Å². The predicted molar refractivity (Wildman–Crippen MR) is 91.5 cm³/mol. The highest BCUT2D eigenvalue weighted by molar-refractivity contribution is 5.67. The van der Waals surface area contributed by atoms with Crippen LogP contribution in [0.2, 0.25) is 0 Å². The monoisotopic (exact) mass is 337 g/mol. The van der Waals surface area contributed by atoms with Gasteiger partial charge in [-0.25, -0.2) is 0 Å². The largest absolute Gasteiger partial charge is 0.363 e. The molecule has 1 aromatic rings. The zero-order chi connectivity index (χ0) is 17.7. The minimum Gasteiger partial charge on any atom is -0.363 e. The molecule has 24 heavy (non-hydrogen) atoms. The standard InChI is InChI=1S/C15H23N5O4/c1-12(2)16-5-6-17-7-9-18(10-8-17)14-4-3-13(19(21)22)11-15(14)20(23)24/h3-4,11-12,16H,5-10H2,1-2H3. The average Bonchev–Trinajstić information content (AvgIpc) is 2.54. The Morgan fingerprint density at radius 1 is 1.12 bits per heavy atom. The summed E-state index contributed by atoms with van der Waals surface area (Å²) in [6.45, 7) is 9.02. The van der Waals surface area contributed by atoms with Crippen LogP contribution in [0.1, 0.15) is 13.8 Å². The Bertz CT molecular complexity index is 600. The third-order valence-corrected chi connectivity index (χ3v) is 4.06. The minimum atomic E-state index is -0.615. The minimum absolute atomic E-state index is 0.209. The molecule has 1 aliphatic rings. The Labute approximate surface area is 140 Å². The Kier molecular flexibility index (Phi) is 6.04. The second-order valence-corrected chi connectivity index (χ2v) is 6.12. The fourth-order valence-electron chi connectivity index (χ4n) is 2.76. The molecule has 1 N–H and O–H groups in total. The van der Waals surface area contributed by atoms with Crippen LogP contribution in [-0.2, 0) is 0 Å². The Morgan fingerprint density at radius 3 is 2.33 bits per heavy atom. The van der Waals surface area contributed by atoms with E-state index < -0.39 is 9.85 Å². The van der Waals surface area contributed by atoms with Crippen molar-refractivity contribution in [3.8, 4) is 0 Å². The van der Waals surface area contributed by atoms with Crippen LogP contribution < -0.4 is 10.2 Å². The molecule has 0 unspecified atom stereocenters. The molecule has 2 rings (SSSR count). The second kappa shape index (κ2) is 8.02. The Balaban J connectivity index is 2.01. The predicted octanol–water partition coefficient (Wildman–Crippen LogP) is 1.62. The molecule has 1 heterocycles. The van der Waals surface area contributed by atoms with Crippen molar-refractivity contribution in [2.24, 2.45) is 0 Å². The van der Waals surface area contributed by atoms with E-state index in [2.05, 4.69) is 24.1 Å². The molecule has 0 aromatic heterocycles. The van der Waals surface area contributed by atoms with E-state index in [-0.39, 0.29) is 11.4 Å². The molecule has 9 heteroatoms. The van der Waals surface area contributed by atoms with E-state index in [0.29, 0.717) is 24.8 Å². The first-order valence-electron chi connectivity index (χ1n) is 8.02. The van der Waals surface area contributed by atoms with E-state index in [1.807, 2.05) is 4.90 Å². The van der Waals surface area contributed by atoms with Gasteiger partial charge in [-0.2, -0.15) is 0 Å². The molecule has 0 amide bonds. The number of benzene rings is 1. The number of anilines is 1. The molecule has 0 saturated carbocycles. The number of hydrogen-bond acceptors (Lipinski definition) is 7. The molecule has 1 aromatic carbocycles. The van der Waals surface area contributed by atoms with Crippen LogP contribution in [0.4, 0.5) is 17.1 Å². The molecule has 1 saturated heterocycles. The van der Waals surface area contributed by atoms with Crippen molar-refractivity contribution in [1.82, 2.24) is 10.2 Å². The topological polar surface area (TPSA) is 105 Å². The summed E-state index contributed by atoms with van der Waals surface area (Å²) in [5, 5.41) is 25.4. The zero-order valence-electron chi connectivity index (χ0n) is 14.0. The lowest BCUT2D eigenvalue weighted by molar-refractivity contribution is -0.393. The van der Waals surface area contributed by atoms with Crippen LogP contribution in [0.15, 0.2) is 18.2 Å². The van der Waals surface area contributed by atoms with Gasteiger partial charge in [0, 0.05) is 51.4 Å². The third kappa shape index (κ3) is 4.62. The van der Waals surface area contributed by atoms with E-state index in [0.717, 1.165) is 32.2 Å². The molecular weight excluding hydrogens is 314 g/mol. The summed E-state index contributed by atoms with van der Waals surface area (Å²) in [7, 11) is 0. The highest BCUT2D eigenvalue weighted by Gasteiger charge is 2.26. The first kappa shape index (κ1) is 18.1. The number of nitrogens with zero attached hydrogens (tertiary/aromatic N) is 4. The SMILES string of the molecule is CC(C)NCCN1CCN(c2ccc([N+](=O)[O-])cc2[N+](=O)[O-])CC1. The quantitative estimate of drug-likeness (QED) is 0.595. The number of piperazine rings is 1. The van der Waals surface area contributed by atoms with Crippen LogP contribution in [0, 0.1) is 20.2 Å². The summed E-state index contributed by atoms with van der Waals surface area (Å²) in [6.07, 6.45) is 0. The highest BCUT2D eigenvalue weighted by Crippen LogP contribution is 2.32. The molecule has 0 atom stereocenters. The van der Waals surface area contributed by atoms with Crippen molar-refractivity contribution in [1.29, 1.82) is 0 Å². The van der Waals surface area contributed by atoms with Gasteiger partial charge in [0.05, 0.1) is 15.9 Å². The second-order valence-electron chi connectivity index (χ2n) is 6.12. The summed E-state index contributed by atoms with van der Waals surface area (Å²) >= 11 is 0. The maximum atomic E-state index is 11.2. The van der Waals surface area contributed by atoms with Crippen molar-refractivity contribution in [2.75, 3.05) is 44.2 Å². The number of rotatable bonds is 7. The van der Waals surface area contributed by atoms with Gasteiger partial charge in [-0.15, -0.1) is 0 Å². The lowest BCUT2D eigenvalue weighted by Crippen LogP contribution is -2.48. The Hall–Kier alpha value is -2.26. The van der Waals surface area contributed by atoms with Gasteiger partial charge in [-0.1, -0.05) is 13.8 Å². The summed E-state index contributed by atoms with van der Waals surface area (Å²) in [6, 6.07) is 4.29. The third-order valence-electron chi connectivity index (χ3n) is 4.06. The number of nitro groups is 2. The maximum Gasteiger partial charge on any atom is 0.299 e. The molecule has 1 aliphatic heterocycles. The summed E-state index contributed by atoms with van der Waals surface area (Å²) in [4.78, 5) is 25.1. The molecule has 0 bridgehead atoms. The van der Waals surface area contributed by atoms with Gasteiger partial charge in [0.15, 0.2) is 0 Å².